The van der Waals surface area contributed by atoms with E-state index in [0.29, 0.717) is 17.2 Å². The number of carbonyl (C=O) groups is 1. The number of imidazole rings is 1. The highest BCUT2D eigenvalue weighted by molar-refractivity contribution is 7.89. The number of hydrogen-bond acceptors (Lipinski definition) is 4. The Labute approximate surface area is 187 Å². The predicted molar refractivity (Wildman–Crippen MR) is 125 cm³/mol. The fraction of sp³-hybridized carbons (Fsp3) is 0.167. The van der Waals surface area contributed by atoms with Gasteiger partial charge in [0, 0.05) is 18.8 Å². The molecule has 0 aliphatic rings. The average Bonchev–Trinajstić information content (AvgIpc) is 3.12. The van der Waals surface area contributed by atoms with Crippen LogP contribution in [0.1, 0.15) is 11.1 Å². The number of pyridine rings is 1. The maximum Gasteiger partial charge on any atom is 0.243 e. The molecule has 0 saturated carbocycles. The summed E-state index contributed by atoms with van der Waals surface area (Å²) in [6.45, 7) is 3.51. The Hall–Kier alpha value is -3.49. The van der Waals surface area contributed by atoms with Gasteiger partial charge in [0.2, 0.25) is 15.9 Å². The molecule has 0 aliphatic carbocycles. The lowest BCUT2D eigenvalue weighted by Gasteiger charge is -2.17. The van der Waals surface area contributed by atoms with Gasteiger partial charge < -0.3 is 5.32 Å². The number of likely N-dealkylation sites (N-methyl/N-ethyl adjacent to an activating group) is 1. The third kappa shape index (κ3) is 4.28. The normalized spacial score (nSPS) is 11.8. The number of rotatable bonds is 6. The zero-order chi connectivity index (χ0) is 22.9. The molecule has 0 saturated heterocycles. The van der Waals surface area contributed by atoms with Crippen molar-refractivity contribution in [1.82, 2.24) is 13.7 Å². The van der Waals surface area contributed by atoms with Crippen molar-refractivity contribution in [2.75, 3.05) is 18.9 Å². The molecule has 0 bridgehead atoms. The third-order valence-corrected chi connectivity index (χ3v) is 6.98. The minimum atomic E-state index is -3.79. The highest BCUT2D eigenvalue weighted by Gasteiger charge is 2.24. The van der Waals surface area contributed by atoms with E-state index < -0.39 is 15.9 Å². The summed E-state index contributed by atoms with van der Waals surface area (Å²) in [5, 5.41) is 2.88. The van der Waals surface area contributed by atoms with Gasteiger partial charge in [0.1, 0.15) is 17.2 Å². The summed E-state index contributed by atoms with van der Waals surface area (Å²) in [6, 6.07) is 19.9. The molecule has 0 unspecified atom stereocenters. The van der Waals surface area contributed by atoms with Gasteiger partial charge in [-0.05, 0) is 37.6 Å². The van der Waals surface area contributed by atoms with Crippen LogP contribution in [0.25, 0.3) is 16.9 Å². The number of nitrogens with zero attached hydrogens (tertiary/aromatic N) is 3. The summed E-state index contributed by atoms with van der Waals surface area (Å²) in [7, 11) is -2.40. The lowest BCUT2D eigenvalue weighted by molar-refractivity contribution is -0.116. The standard InChI is InChI=1S/C24H24N4O3S/c1-17-9-12-20(13-10-17)32(30,31)27(3)16-22(29)26-24-23(19-7-5-4-6-8-19)25-21-14-11-18(2)15-28(21)24/h4-15H,16H2,1-3H3,(H,26,29). The van der Waals surface area contributed by atoms with Gasteiger partial charge in [0.25, 0.3) is 0 Å². The van der Waals surface area contributed by atoms with Gasteiger partial charge in [-0.25, -0.2) is 13.4 Å². The van der Waals surface area contributed by atoms with Crippen LogP contribution in [0.5, 0.6) is 0 Å². The largest absolute Gasteiger partial charge is 0.309 e. The van der Waals surface area contributed by atoms with E-state index in [1.165, 1.54) is 7.05 Å². The predicted octanol–water partition coefficient (Wildman–Crippen LogP) is 3.88. The third-order valence-electron chi connectivity index (χ3n) is 5.17. The van der Waals surface area contributed by atoms with Crippen LogP contribution in [0, 0.1) is 13.8 Å². The molecular formula is C24H24N4O3S. The number of sulfonamides is 1. The van der Waals surface area contributed by atoms with E-state index in [0.717, 1.165) is 21.0 Å². The van der Waals surface area contributed by atoms with Crippen LogP contribution in [-0.4, -0.2) is 41.6 Å². The second-order valence-corrected chi connectivity index (χ2v) is 9.78. The van der Waals surface area contributed by atoms with E-state index in [-0.39, 0.29) is 11.4 Å². The first kappa shape index (κ1) is 21.7. The molecule has 2 heterocycles. The van der Waals surface area contributed by atoms with Gasteiger partial charge in [-0.2, -0.15) is 4.31 Å². The number of benzene rings is 2. The summed E-state index contributed by atoms with van der Waals surface area (Å²) >= 11 is 0. The Morgan fingerprint density at radius 1 is 0.969 bits per heavy atom. The number of aryl methyl sites for hydroxylation is 2. The van der Waals surface area contributed by atoms with Crippen molar-refractivity contribution >= 4 is 27.4 Å². The molecule has 4 aromatic rings. The maximum absolute atomic E-state index is 12.9. The van der Waals surface area contributed by atoms with Crippen molar-refractivity contribution in [3.8, 4) is 11.3 Å². The van der Waals surface area contributed by atoms with E-state index >= 15 is 0 Å². The highest BCUT2D eigenvalue weighted by atomic mass is 32.2. The lowest BCUT2D eigenvalue weighted by atomic mass is 10.1. The molecule has 0 fully saturated rings. The summed E-state index contributed by atoms with van der Waals surface area (Å²) in [5.41, 5.74) is 4.12. The second-order valence-electron chi connectivity index (χ2n) is 7.73. The number of aromatic nitrogens is 2. The molecule has 2 aromatic heterocycles. The Morgan fingerprint density at radius 3 is 2.31 bits per heavy atom. The fourth-order valence-electron chi connectivity index (χ4n) is 3.42. The molecule has 0 atom stereocenters. The van der Waals surface area contributed by atoms with Gasteiger partial charge >= 0.3 is 0 Å². The number of nitrogens with one attached hydrogen (secondary N) is 1. The number of carbonyl (C=O) groups excluding carboxylic acids is 1. The van der Waals surface area contributed by atoms with Crippen LogP contribution < -0.4 is 5.32 Å². The number of fused-ring (bicyclic) bond motifs is 1. The van der Waals surface area contributed by atoms with E-state index in [2.05, 4.69) is 10.3 Å². The molecule has 32 heavy (non-hydrogen) atoms. The molecule has 0 radical (unpaired) electrons. The van der Waals surface area contributed by atoms with Crippen molar-refractivity contribution in [3.05, 3.63) is 84.1 Å². The number of anilines is 1. The first-order valence-corrected chi connectivity index (χ1v) is 11.6. The molecule has 7 nitrogen and oxygen atoms in total. The van der Waals surface area contributed by atoms with Gasteiger partial charge in [-0.15, -0.1) is 0 Å². The Morgan fingerprint density at radius 2 is 1.62 bits per heavy atom. The smallest absolute Gasteiger partial charge is 0.243 e. The van der Waals surface area contributed by atoms with Crippen molar-refractivity contribution in [2.45, 2.75) is 18.7 Å². The molecule has 0 spiro atoms. The monoisotopic (exact) mass is 448 g/mol. The molecule has 1 N–H and O–H groups in total. The van der Waals surface area contributed by atoms with Gasteiger partial charge in [-0.1, -0.05) is 54.1 Å². The Bertz CT molecular complexity index is 1380. The first-order valence-electron chi connectivity index (χ1n) is 10.1. The minimum Gasteiger partial charge on any atom is -0.309 e. The molecule has 8 heteroatoms. The van der Waals surface area contributed by atoms with E-state index in [1.807, 2.05) is 66.9 Å². The Kier molecular flexibility index (Phi) is 5.82. The second kappa shape index (κ2) is 8.57. The molecule has 2 aromatic carbocycles. The minimum absolute atomic E-state index is 0.147. The van der Waals surface area contributed by atoms with Gasteiger partial charge in [-0.3, -0.25) is 9.20 Å². The topological polar surface area (TPSA) is 83.8 Å². The lowest BCUT2D eigenvalue weighted by Crippen LogP contribution is -2.35. The molecule has 1 amide bonds. The average molecular weight is 449 g/mol. The maximum atomic E-state index is 12.9. The van der Waals surface area contributed by atoms with E-state index in [1.54, 1.807) is 24.3 Å². The van der Waals surface area contributed by atoms with Crippen molar-refractivity contribution in [3.63, 3.8) is 0 Å². The molecular weight excluding hydrogens is 424 g/mol. The molecule has 0 aliphatic heterocycles. The van der Waals surface area contributed by atoms with Crippen LogP contribution in [0.3, 0.4) is 0 Å². The van der Waals surface area contributed by atoms with Crippen LogP contribution in [-0.2, 0) is 14.8 Å². The summed E-state index contributed by atoms with van der Waals surface area (Å²) in [6.07, 6.45) is 1.89. The highest BCUT2D eigenvalue weighted by Crippen LogP contribution is 2.29. The van der Waals surface area contributed by atoms with E-state index in [4.69, 9.17) is 0 Å². The SMILES string of the molecule is Cc1ccc(S(=O)(=O)N(C)CC(=O)Nc2c(-c3ccccc3)nc3ccc(C)cn23)cc1. The first-order chi connectivity index (χ1) is 15.3. The fourth-order valence-corrected chi connectivity index (χ4v) is 4.54. The van der Waals surface area contributed by atoms with Crippen LogP contribution in [0.4, 0.5) is 5.82 Å². The van der Waals surface area contributed by atoms with Gasteiger partial charge in [0.15, 0.2) is 0 Å². The molecule has 4 rings (SSSR count). The zero-order valence-corrected chi connectivity index (χ0v) is 18.9. The number of amides is 1. The quantitative estimate of drug-likeness (QED) is 0.485. The van der Waals surface area contributed by atoms with Crippen LogP contribution >= 0.6 is 0 Å². The van der Waals surface area contributed by atoms with E-state index in [9.17, 15) is 13.2 Å². The summed E-state index contributed by atoms with van der Waals surface area (Å²) in [5.74, 6) is 0.0460. The number of hydrogen-bond donors (Lipinski definition) is 1. The summed E-state index contributed by atoms with van der Waals surface area (Å²) in [4.78, 5) is 17.7. The zero-order valence-electron chi connectivity index (χ0n) is 18.1. The van der Waals surface area contributed by atoms with Crippen molar-refractivity contribution in [2.24, 2.45) is 0 Å². The van der Waals surface area contributed by atoms with Gasteiger partial charge in [0.05, 0.1) is 11.4 Å². The van der Waals surface area contributed by atoms with Crippen molar-refractivity contribution < 1.29 is 13.2 Å². The molecule has 164 valence electrons. The Balaban J connectivity index is 1.63. The summed E-state index contributed by atoms with van der Waals surface area (Å²) < 4.78 is 28.6. The van der Waals surface area contributed by atoms with Crippen LogP contribution in [0.2, 0.25) is 0 Å². The van der Waals surface area contributed by atoms with Crippen molar-refractivity contribution in [1.29, 1.82) is 0 Å². The van der Waals surface area contributed by atoms with Crippen LogP contribution in [0.15, 0.2) is 77.8 Å².